The van der Waals surface area contributed by atoms with E-state index in [0.717, 1.165) is 140 Å². The van der Waals surface area contributed by atoms with Crippen molar-refractivity contribution in [2.45, 2.75) is 51.4 Å². The number of benzene rings is 8. The van der Waals surface area contributed by atoms with Crippen molar-refractivity contribution >= 4 is 90.5 Å². The van der Waals surface area contributed by atoms with Gasteiger partial charge in [0, 0.05) is 87.8 Å². The van der Waals surface area contributed by atoms with Crippen LogP contribution in [0.2, 0.25) is 0 Å². The number of phenolic OH excluding ortho intramolecular Hbond substituents is 4. The molecule has 4 aliphatic rings. The lowest BCUT2D eigenvalue weighted by molar-refractivity contribution is 0.00484. The van der Waals surface area contributed by atoms with Crippen LogP contribution in [-0.2, 0) is 79.8 Å². The minimum atomic E-state index is 0.257. The molecule has 556 valence electrons. The Labute approximate surface area is 672 Å². The Morgan fingerprint density at radius 3 is 0.685 bits per heavy atom. The highest BCUT2D eigenvalue weighted by atomic mass is 127. The van der Waals surface area contributed by atoms with E-state index in [1.165, 1.54) is 19.5 Å². The summed E-state index contributed by atoms with van der Waals surface area (Å²) in [7, 11) is 0. The van der Waals surface area contributed by atoms with Gasteiger partial charge in [-0.1, -0.05) is 84.9 Å². The minimum absolute atomic E-state index is 0.257. The van der Waals surface area contributed by atoms with Crippen LogP contribution in [0.5, 0.6) is 46.0 Å². The number of ether oxygens (including phenoxy) is 10. The topological polar surface area (TPSA) is 173 Å². The highest BCUT2D eigenvalue weighted by Crippen LogP contribution is 2.46. The maximum absolute atomic E-state index is 12.3. The highest BCUT2D eigenvalue weighted by molar-refractivity contribution is 14.1. The number of fused-ring (bicyclic) bond motifs is 4. The minimum Gasteiger partial charge on any atom is -0.507 e. The van der Waals surface area contributed by atoms with E-state index >= 15 is 0 Å². The van der Waals surface area contributed by atoms with Crippen molar-refractivity contribution in [3.8, 4) is 86.4 Å². The van der Waals surface area contributed by atoms with E-state index in [4.69, 9.17) is 47.4 Å². The van der Waals surface area contributed by atoms with Crippen molar-refractivity contribution in [1.82, 2.24) is 0 Å². The number of phenols is 4. The summed E-state index contributed by atoms with van der Waals surface area (Å²) in [6, 6.07) is 58.5. The second-order valence-electron chi connectivity index (χ2n) is 26.8. The summed E-state index contributed by atoms with van der Waals surface area (Å²) in [4.78, 5) is 7.15. The molecule has 16 rings (SSSR count). The number of para-hydroxylation sites is 4. The van der Waals surface area contributed by atoms with Crippen LogP contribution >= 0.6 is 90.5 Å². The van der Waals surface area contributed by atoms with Crippen LogP contribution in [-0.4, -0.2) is 126 Å². The van der Waals surface area contributed by atoms with Crippen LogP contribution < -0.4 is 18.9 Å². The van der Waals surface area contributed by atoms with Gasteiger partial charge in [0.15, 0.2) is 0 Å². The van der Waals surface area contributed by atoms with Gasteiger partial charge in [0.05, 0.1) is 79.3 Å². The molecule has 20 bridgehead atoms. The Morgan fingerprint density at radius 1 is 0.231 bits per heavy atom. The first-order valence-corrected chi connectivity index (χ1v) is 41.9. The van der Waals surface area contributed by atoms with Crippen LogP contribution in [0.1, 0.15) is 89.0 Å². The molecule has 0 amide bonds. The molecule has 14 nitrogen and oxygen atoms in total. The fourth-order valence-electron chi connectivity index (χ4n) is 14.3. The molecule has 0 saturated heterocycles. The number of aromatic hydroxyl groups is 4. The maximum Gasteiger partial charge on any atom is 0.126 e. The molecule has 4 N–H and O–H groups in total. The zero-order chi connectivity index (χ0) is 73.7. The van der Waals surface area contributed by atoms with E-state index in [0.29, 0.717) is 157 Å². The fourth-order valence-corrected chi connectivity index (χ4v) is 19.5. The van der Waals surface area contributed by atoms with Gasteiger partial charge in [0.25, 0.3) is 0 Å². The molecule has 0 atom stereocenters. The van der Waals surface area contributed by atoms with E-state index in [2.05, 4.69) is 165 Å². The van der Waals surface area contributed by atoms with Gasteiger partial charge < -0.3 is 67.8 Å². The predicted molar refractivity (Wildman–Crippen MR) is 446 cm³/mol. The molecule has 0 spiro atoms. The normalized spacial score (nSPS) is 15.6. The van der Waals surface area contributed by atoms with E-state index in [1.54, 1.807) is 45.3 Å². The van der Waals surface area contributed by atoms with Crippen molar-refractivity contribution in [2.24, 2.45) is 0 Å². The molecular formula is C88H82I2O14S4. The fraction of sp³-hybridized carbons (Fsp3) is 0.273. The SMILES string of the molecule is Oc1c2cc(-c3ccc(-c4cccs4)s3)cc1Cc1cccc3c1OCCOCCOCCOCCOc1c(cccc1Cc1cc(-c4ccc(-c5cccs5)s4)cc(c1O)C3)C2.Oc1c2cc(I)cc1Cc1cccc3c1OCCOCCOCCOCCOc1c(cccc1Cc1cc(I)cc(c1O)C3)C2. The Kier molecular flexibility index (Phi) is 25.4. The van der Waals surface area contributed by atoms with Gasteiger partial charge in [-0.3, -0.25) is 0 Å². The van der Waals surface area contributed by atoms with Crippen molar-refractivity contribution in [3.05, 3.63) is 277 Å². The molecule has 0 unspecified atom stereocenters. The summed E-state index contributed by atoms with van der Waals surface area (Å²) in [5.74, 6) is 4.04. The number of hydrogen-bond acceptors (Lipinski definition) is 18. The number of halogens is 2. The number of hydrogen-bond donors (Lipinski definition) is 4. The largest absolute Gasteiger partial charge is 0.507 e. The number of rotatable bonds is 4. The zero-order valence-corrected chi connectivity index (χ0v) is 67.1. The maximum atomic E-state index is 12.3. The Balaban J connectivity index is 0.000000183. The lowest BCUT2D eigenvalue weighted by atomic mass is 9.89. The van der Waals surface area contributed by atoms with E-state index < -0.39 is 0 Å². The molecule has 0 radical (unpaired) electrons. The van der Waals surface area contributed by atoms with Crippen LogP contribution in [0.4, 0.5) is 0 Å². The van der Waals surface area contributed by atoms with Gasteiger partial charge in [0.1, 0.15) is 72.4 Å². The summed E-state index contributed by atoms with van der Waals surface area (Å²) in [6.45, 7) is 6.54. The van der Waals surface area contributed by atoms with Crippen LogP contribution in [0.3, 0.4) is 0 Å². The van der Waals surface area contributed by atoms with Crippen LogP contribution in [0.25, 0.3) is 40.4 Å². The van der Waals surface area contributed by atoms with Crippen LogP contribution in [0, 0.1) is 7.14 Å². The second-order valence-corrected chi connectivity index (χ2v) is 33.4. The molecule has 2 aliphatic heterocycles. The molecule has 0 fully saturated rings. The van der Waals surface area contributed by atoms with Gasteiger partial charge >= 0.3 is 0 Å². The second kappa shape index (κ2) is 36.3. The van der Waals surface area contributed by atoms with Crippen molar-refractivity contribution in [1.29, 1.82) is 0 Å². The Hall–Kier alpha value is -7.82. The van der Waals surface area contributed by atoms with Gasteiger partial charge in [-0.2, -0.15) is 0 Å². The van der Waals surface area contributed by atoms with Crippen molar-refractivity contribution in [2.75, 3.05) is 106 Å². The summed E-state index contributed by atoms with van der Waals surface area (Å²) < 4.78 is 63.3. The third kappa shape index (κ3) is 18.4. The zero-order valence-electron chi connectivity index (χ0n) is 59.6. The molecule has 6 heterocycles. The molecule has 8 aromatic carbocycles. The van der Waals surface area contributed by atoms with Gasteiger partial charge in [-0.15, -0.1) is 45.3 Å². The Bertz CT molecular complexity index is 4590. The highest BCUT2D eigenvalue weighted by Gasteiger charge is 2.26. The lowest BCUT2D eigenvalue weighted by Gasteiger charge is -2.21. The predicted octanol–water partition coefficient (Wildman–Crippen LogP) is 19.3. The third-order valence-electron chi connectivity index (χ3n) is 19.5. The molecule has 0 saturated carbocycles. The molecule has 2 aliphatic carbocycles. The molecule has 12 aromatic rings. The smallest absolute Gasteiger partial charge is 0.126 e. The summed E-state index contributed by atoms with van der Waals surface area (Å²) in [5.41, 5.74) is 16.2. The average Bonchev–Trinajstić information content (AvgIpc) is 1.75. The van der Waals surface area contributed by atoms with E-state index in [1.807, 2.05) is 60.7 Å². The van der Waals surface area contributed by atoms with Crippen molar-refractivity contribution < 1.29 is 67.8 Å². The lowest BCUT2D eigenvalue weighted by Crippen LogP contribution is -2.15. The summed E-state index contributed by atoms with van der Waals surface area (Å²) >= 11 is 11.6. The quantitative estimate of drug-likeness (QED) is 0.123. The van der Waals surface area contributed by atoms with Gasteiger partial charge in [-0.05, 0) is 241 Å². The monoisotopic (exact) mass is 1740 g/mol. The molecule has 108 heavy (non-hydrogen) atoms. The van der Waals surface area contributed by atoms with Crippen molar-refractivity contribution in [3.63, 3.8) is 0 Å². The third-order valence-corrected chi connectivity index (χ3v) is 25.1. The summed E-state index contributed by atoms with van der Waals surface area (Å²) in [5, 5.41) is 52.2. The standard InChI is InChI=1S/C52H46O7S4.C36H36I2O7/c53-49-39-25-33-5-1-6-34-26-40-30-38(44-12-14-48(63-44)46-10-4-24-61-46)32-42(50(40)54)28-36-8-2-7-35(52(36)59-22-20-57-18-16-55-15-17-56-19-21-58-51(33)34)27-41(49)31-37(29-39)43-11-13-47(62-43)45-9-3-23-60-45;37-31-19-27-15-23-3-1-4-24-16-28-20-32(38)22-30(34(28)40)18-26-6-2-5-25(17-29(21-31)33(27)39)36(26)45-14-12-43-10-8-41-7-9-42-11-13-44-35(23)24/h1-14,23-24,29-32,53-54H,15-22,25-28H2;1-6,19-22,39-40H,7-18H2. The first-order chi connectivity index (χ1) is 53.0. The number of thiophene rings is 4. The average molecular weight is 1750 g/mol. The molecule has 20 heteroatoms. The van der Waals surface area contributed by atoms with E-state index in [-0.39, 0.29) is 23.0 Å². The first kappa shape index (κ1) is 75.6. The molecular weight excluding hydrogens is 1660 g/mol. The first-order valence-electron chi connectivity index (χ1n) is 36.4. The van der Waals surface area contributed by atoms with Gasteiger partial charge in [0.2, 0.25) is 0 Å². The summed E-state index contributed by atoms with van der Waals surface area (Å²) in [6.07, 6.45) is 3.63. The van der Waals surface area contributed by atoms with Gasteiger partial charge in [-0.25, -0.2) is 0 Å². The van der Waals surface area contributed by atoms with E-state index in [9.17, 15) is 20.4 Å². The van der Waals surface area contributed by atoms with Crippen LogP contribution in [0.15, 0.2) is 181 Å². The molecule has 4 aromatic heterocycles. The Morgan fingerprint density at radius 2 is 0.454 bits per heavy atom.